The van der Waals surface area contributed by atoms with Crippen LogP contribution in [0.2, 0.25) is 0 Å². The van der Waals surface area contributed by atoms with Crippen LogP contribution in [0.15, 0.2) is 60.8 Å². The van der Waals surface area contributed by atoms with Crippen molar-refractivity contribution in [3.8, 4) is 5.75 Å². The van der Waals surface area contributed by atoms with Crippen molar-refractivity contribution in [2.24, 2.45) is 5.73 Å². The average Bonchev–Trinajstić information content (AvgIpc) is 2.53. The third-order valence-corrected chi connectivity index (χ3v) is 3.48. The van der Waals surface area contributed by atoms with Crippen LogP contribution in [0, 0.1) is 0 Å². The van der Waals surface area contributed by atoms with Crippen LogP contribution in [0.1, 0.15) is 24.1 Å². The molecule has 0 spiro atoms. The number of nitrogens with two attached hydrogens (primary N) is 1. The zero-order valence-corrected chi connectivity index (χ0v) is 12.0. The summed E-state index contributed by atoms with van der Waals surface area (Å²) in [6, 6.07) is 18.2. The second kappa shape index (κ2) is 5.94. The van der Waals surface area contributed by atoms with Gasteiger partial charge in [0, 0.05) is 17.6 Å². The maximum atomic E-state index is 5.83. The largest absolute Gasteiger partial charge is 0.489 e. The number of hydrogen-bond acceptors (Lipinski definition) is 3. The molecule has 2 aromatic carbocycles. The molecule has 0 aliphatic carbocycles. The van der Waals surface area contributed by atoms with Gasteiger partial charge < -0.3 is 10.5 Å². The van der Waals surface area contributed by atoms with Crippen molar-refractivity contribution in [3.63, 3.8) is 0 Å². The molecule has 3 aromatic rings. The Morgan fingerprint density at radius 3 is 2.67 bits per heavy atom. The quantitative estimate of drug-likeness (QED) is 0.789. The molecule has 3 heteroatoms. The first-order valence-corrected chi connectivity index (χ1v) is 7.04. The molecule has 3 rings (SSSR count). The fourth-order valence-corrected chi connectivity index (χ4v) is 2.25. The highest BCUT2D eigenvalue weighted by Gasteiger charge is 2.01. The molecular weight excluding hydrogens is 260 g/mol. The lowest BCUT2D eigenvalue weighted by Crippen LogP contribution is -2.04. The van der Waals surface area contributed by atoms with Gasteiger partial charge in [0.05, 0.1) is 5.52 Å². The minimum atomic E-state index is 0.0482. The predicted molar refractivity (Wildman–Crippen MR) is 85.1 cm³/mol. The molecule has 106 valence electrons. The van der Waals surface area contributed by atoms with E-state index in [1.807, 2.05) is 49.4 Å². The van der Waals surface area contributed by atoms with E-state index in [2.05, 4.69) is 17.1 Å². The highest BCUT2D eigenvalue weighted by molar-refractivity contribution is 5.78. The van der Waals surface area contributed by atoms with Crippen LogP contribution in [0.4, 0.5) is 0 Å². The molecule has 0 fully saturated rings. The lowest BCUT2D eigenvalue weighted by Gasteiger charge is -2.09. The zero-order valence-electron chi connectivity index (χ0n) is 12.0. The summed E-state index contributed by atoms with van der Waals surface area (Å²) in [6.07, 6.45) is 1.80. The van der Waals surface area contributed by atoms with E-state index in [0.717, 1.165) is 27.8 Å². The Kier molecular flexibility index (Phi) is 3.84. The molecule has 0 unspecified atom stereocenters. The molecule has 1 atom stereocenters. The van der Waals surface area contributed by atoms with Gasteiger partial charge in [-0.2, -0.15) is 0 Å². The van der Waals surface area contributed by atoms with Gasteiger partial charge in [0.1, 0.15) is 12.4 Å². The Labute approximate surface area is 124 Å². The van der Waals surface area contributed by atoms with E-state index >= 15 is 0 Å². The number of ether oxygens (including phenoxy) is 1. The predicted octanol–water partition coefficient (Wildman–Crippen LogP) is 3.83. The molecule has 0 aliphatic heterocycles. The number of fused-ring (bicyclic) bond motifs is 1. The van der Waals surface area contributed by atoms with E-state index in [0.29, 0.717) is 6.61 Å². The number of rotatable bonds is 4. The average molecular weight is 278 g/mol. The topological polar surface area (TPSA) is 48.1 Å². The molecule has 0 aliphatic rings. The molecule has 0 saturated heterocycles. The standard InChI is InChI=1S/C18H18N2O/c1-13(19)15-5-7-17(8-6-15)21-12-14-4-9-18-16(11-14)3-2-10-20-18/h2-11,13H,12,19H2,1H3/t13-/m1/s1. The number of aromatic nitrogens is 1. The molecule has 21 heavy (non-hydrogen) atoms. The first-order valence-electron chi connectivity index (χ1n) is 7.04. The summed E-state index contributed by atoms with van der Waals surface area (Å²) in [5.41, 5.74) is 9.08. The number of hydrogen-bond donors (Lipinski definition) is 1. The molecule has 3 nitrogen and oxygen atoms in total. The second-order valence-electron chi connectivity index (χ2n) is 5.18. The Hall–Kier alpha value is -2.39. The molecule has 2 N–H and O–H groups in total. The van der Waals surface area contributed by atoms with Crippen LogP contribution in [0.25, 0.3) is 10.9 Å². The van der Waals surface area contributed by atoms with Crippen LogP contribution in [-0.2, 0) is 6.61 Å². The van der Waals surface area contributed by atoms with E-state index < -0.39 is 0 Å². The van der Waals surface area contributed by atoms with Gasteiger partial charge in [0.15, 0.2) is 0 Å². The molecule has 0 radical (unpaired) electrons. The third-order valence-electron chi connectivity index (χ3n) is 3.48. The second-order valence-corrected chi connectivity index (χ2v) is 5.18. The molecular formula is C18H18N2O. The maximum absolute atomic E-state index is 5.83. The smallest absolute Gasteiger partial charge is 0.119 e. The van der Waals surface area contributed by atoms with Crippen LogP contribution in [-0.4, -0.2) is 4.98 Å². The van der Waals surface area contributed by atoms with E-state index in [4.69, 9.17) is 10.5 Å². The highest BCUT2D eigenvalue weighted by atomic mass is 16.5. The van der Waals surface area contributed by atoms with Gasteiger partial charge in [-0.05, 0) is 48.4 Å². The summed E-state index contributed by atoms with van der Waals surface area (Å²) >= 11 is 0. The van der Waals surface area contributed by atoms with Crippen molar-refractivity contribution >= 4 is 10.9 Å². The first kappa shape index (κ1) is 13.6. The third kappa shape index (κ3) is 3.20. The summed E-state index contributed by atoms with van der Waals surface area (Å²) in [4.78, 5) is 4.31. The summed E-state index contributed by atoms with van der Waals surface area (Å²) < 4.78 is 5.81. The van der Waals surface area contributed by atoms with Gasteiger partial charge in [-0.1, -0.05) is 24.3 Å². The summed E-state index contributed by atoms with van der Waals surface area (Å²) in [6.45, 7) is 2.52. The minimum Gasteiger partial charge on any atom is -0.489 e. The number of pyridine rings is 1. The van der Waals surface area contributed by atoms with Crippen LogP contribution >= 0.6 is 0 Å². The monoisotopic (exact) mass is 278 g/mol. The van der Waals surface area contributed by atoms with E-state index in [1.165, 1.54) is 0 Å². The molecule has 0 bridgehead atoms. The van der Waals surface area contributed by atoms with E-state index in [-0.39, 0.29) is 6.04 Å². The van der Waals surface area contributed by atoms with Crippen molar-refractivity contribution in [1.29, 1.82) is 0 Å². The SMILES string of the molecule is C[C@@H](N)c1ccc(OCc2ccc3ncccc3c2)cc1. The highest BCUT2D eigenvalue weighted by Crippen LogP contribution is 2.19. The van der Waals surface area contributed by atoms with Crippen LogP contribution < -0.4 is 10.5 Å². The molecule has 1 aromatic heterocycles. The number of nitrogens with zero attached hydrogens (tertiary/aromatic N) is 1. The van der Waals surface area contributed by atoms with E-state index in [9.17, 15) is 0 Å². The molecule has 0 amide bonds. The lowest BCUT2D eigenvalue weighted by atomic mass is 10.1. The van der Waals surface area contributed by atoms with Crippen LogP contribution in [0.3, 0.4) is 0 Å². The summed E-state index contributed by atoms with van der Waals surface area (Å²) in [5.74, 6) is 0.852. The van der Waals surface area contributed by atoms with Gasteiger partial charge in [-0.25, -0.2) is 0 Å². The number of benzene rings is 2. The Bertz CT molecular complexity index is 736. The first-order chi connectivity index (χ1) is 10.2. The lowest BCUT2D eigenvalue weighted by molar-refractivity contribution is 0.306. The minimum absolute atomic E-state index is 0.0482. The van der Waals surface area contributed by atoms with E-state index in [1.54, 1.807) is 6.20 Å². The van der Waals surface area contributed by atoms with Crippen molar-refractivity contribution in [2.75, 3.05) is 0 Å². The zero-order chi connectivity index (χ0) is 14.7. The normalized spacial score (nSPS) is 12.3. The fourth-order valence-electron chi connectivity index (χ4n) is 2.25. The Morgan fingerprint density at radius 2 is 1.90 bits per heavy atom. The summed E-state index contributed by atoms with van der Waals surface area (Å²) in [5, 5.41) is 1.13. The van der Waals surface area contributed by atoms with Crippen molar-refractivity contribution in [1.82, 2.24) is 4.98 Å². The van der Waals surface area contributed by atoms with Gasteiger partial charge in [-0.3, -0.25) is 4.98 Å². The molecule has 1 heterocycles. The maximum Gasteiger partial charge on any atom is 0.119 e. The van der Waals surface area contributed by atoms with Gasteiger partial charge in [0.25, 0.3) is 0 Å². The van der Waals surface area contributed by atoms with Crippen molar-refractivity contribution in [3.05, 3.63) is 71.9 Å². The Morgan fingerprint density at radius 1 is 1.10 bits per heavy atom. The van der Waals surface area contributed by atoms with Crippen molar-refractivity contribution < 1.29 is 4.74 Å². The molecule has 0 saturated carbocycles. The summed E-state index contributed by atoms with van der Waals surface area (Å²) in [7, 11) is 0. The van der Waals surface area contributed by atoms with Crippen LogP contribution in [0.5, 0.6) is 5.75 Å². The van der Waals surface area contributed by atoms with Gasteiger partial charge in [-0.15, -0.1) is 0 Å². The van der Waals surface area contributed by atoms with Crippen molar-refractivity contribution in [2.45, 2.75) is 19.6 Å². The van der Waals surface area contributed by atoms with Gasteiger partial charge in [0.2, 0.25) is 0 Å². The van der Waals surface area contributed by atoms with Gasteiger partial charge >= 0.3 is 0 Å². The Balaban J connectivity index is 1.71. The fraction of sp³-hybridized carbons (Fsp3) is 0.167.